The van der Waals surface area contributed by atoms with Gasteiger partial charge in [0.1, 0.15) is 23.7 Å². The van der Waals surface area contributed by atoms with Crippen molar-refractivity contribution in [1.82, 2.24) is 5.32 Å². The number of nitrogens with zero attached hydrogens (tertiary/aromatic N) is 1. The summed E-state index contributed by atoms with van der Waals surface area (Å²) in [7, 11) is 0. The Balaban J connectivity index is 1.37. The number of benzene rings is 3. The molecule has 0 aliphatic carbocycles. The van der Waals surface area contributed by atoms with Gasteiger partial charge in [0.15, 0.2) is 0 Å². The number of non-ortho nitro benzene ring substituents is 1. The van der Waals surface area contributed by atoms with E-state index in [1.54, 1.807) is 6.92 Å². The van der Waals surface area contributed by atoms with E-state index in [1.807, 2.05) is 30.3 Å². The highest BCUT2D eigenvalue weighted by Crippen LogP contribution is 2.27. The molecule has 0 saturated carbocycles. The largest absolute Gasteiger partial charge is 0.460 e. The monoisotopic (exact) mass is 502 g/mol. The smallest absolute Gasteiger partial charge is 0.407 e. The minimum atomic E-state index is -0.650. The molecular formula is C27H22N2O8. The quantitative estimate of drug-likeness (QED) is 0.155. The van der Waals surface area contributed by atoms with Crippen molar-refractivity contribution >= 4 is 28.7 Å². The molecule has 0 radical (unpaired) electrons. The number of alkyl carbamates (subject to hydrolysis) is 1. The van der Waals surface area contributed by atoms with Crippen molar-refractivity contribution in [2.75, 3.05) is 6.54 Å². The second-order valence-corrected chi connectivity index (χ2v) is 8.04. The third-order valence-electron chi connectivity index (χ3n) is 5.45. The summed E-state index contributed by atoms with van der Waals surface area (Å²) < 4.78 is 16.2. The van der Waals surface area contributed by atoms with Crippen LogP contribution < -0.4 is 15.5 Å². The molecule has 0 spiro atoms. The molecule has 188 valence electrons. The van der Waals surface area contributed by atoms with Crippen LogP contribution >= 0.6 is 0 Å². The number of aryl methyl sites for hydroxylation is 1. The van der Waals surface area contributed by atoms with Crippen molar-refractivity contribution in [2.45, 2.75) is 20.0 Å². The van der Waals surface area contributed by atoms with Gasteiger partial charge in [0.05, 0.1) is 22.3 Å². The number of fused-ring (bicyclic) bond motifs is 1. The Bertz CT molecular complexity index is 1510. The van der Waals surface area contributed by atoms with Gasteiger partial charge in [-0.3, -0.25) is 19.7 Å². The first-order valence-electron chi connectivity index (χ1n) is 11.3. The van der Waals surface area contributed by atoms with Crippen LogP contribution in [0.2, 0.25) is 0 Å². The maximum absolute atomic E-state index is 13.1. The molecule has 10 heteroatoms. The van der Waals surface area contributed by atoms with Crippen LogP contribution in [0.25, 0.3) is 22.1 Å². The summed E-state index contributed by atoms with van der Waals surface area (Å²) in [5, 5.41) is 13.6. The molecule has 0 aliphatic heterocycles. The van der Waals surface area contributed by atoms with Crippen molar-refractivity contribution in [3.8, 4) is 16.9 Å². The van der Waals surface area contributed by atoms with E-state index in [9.17, 15) is 24.5 Å². The minimum absolute atomic E-state index is 0.0207. The van der Waals surface area contributed by atoms with Gasteiger partial charge in [-0.1, -0.05) is 30.3 Å². The highest BCUT2D eigenvalue weighted by molar-refractivity contribution is 5.84. The lowest BCUT2D eigenvalue weighted by atomic mass is 10.0. The van der Waals surface area contributed by atoms with Gasteiger partial charge >= 0.3 is 12.1 Å². The van der Waals surface area contributed by atoms with Crippen LogP contribution in [0.3, 0.4) is 0 Å². The molecule has 1 N–H and O–H groups in total. The fraction of sp³-hybridized carbons (Fsp3) is 0.148. The topological polar surface area (TPSA) is 138 Å². The number of carbonyl (C=O) groups is 2. The van der Waals surface area contributed by atoms with Crippen LogP contribution in [0.1, 0.15) is 17.7 Å². The molecule has 3 aromatic carbocycles. The molecule has 1 heterocycles. The third kappa shape index (κ3) is 6.17. The molecule has 4 aromatic rings. The number of amides is 1. The second kappa shape index (κ2) is 11.2. The highest BCUT2D eigenvalue weighted by atomic mass is 16.6. The first-order chi connectivity index (χ1) is 17.8. The molecule has 0 bridgehead atoms. The van der Waals surface area contributed by atoms with Crippen LogP contribution in [0.4, 0.5) is 10.5 Å². The number of hydrogen-bond donors (Lipinski definition) is 1. The van der Waals surface area contributed by atoms with Gasteiger partial charge in [-0.25, -0.2) is 4.79 Å². The van der Waals surface area contributed by atoms with Crippen LogP contribution in [0.15, 0.2) is 82.0 Å². The Morgan fingerprint density at radius 3 is 2.46 bits per heavy atom. The summed E-state index contributed by atoms with van der Waals surface area (Å²) in [4.78, 5) is 47.5. The van der Waals surface area contributed by atoms with Gasteiger partial charge in [-0.05, 0) is 42.3 Å². The number of nitrogens with one attached hydrogen (secondary N) is 1. The molecule has 0 saturated heterocycles. The Morgan fingerprint density at radius 1 is 1.03 bits per heavy atom. The zero-order chi connectivity index (χ0) is 26.4. The van der Waals surface area contributed by atoms with Crippen molar-refractivity contribution in [3.05, 3.63) is 104 Å². The first kappa shape index (κ1) is 25.1. The first-order valence-corrected chi connectivity index (χ1v) is 11.3. The number of nitro groups is 1. The van der Waals surface area contributed by atoms with Crippen molar-refractivity contribution < 1.29 is 28.4 Å². The Hall–Kier alpha value is -4.99. The van der Waals surface area contributed by atoms with Gasteiger partial charge in [0, 0.05) is 24.7 Å². The average Bonchev–Trinajstić information content (AvgIpc) is 2.88. The third-order valence-corrected chi connectivity index (χ3v) is 5.45. The van der Waals surface area contributed by atoms with E-state index in [0.29, 0.717) is 11.3 Å². The normalized spacial score (nSPS) is 10.6. The van der Waals surface area contributed by atoms with Gasteiger partial charge in [0.2, 0.25) is 5.43 Å². The lowest BCUT2D eigenvalue weighted by Gasteiger charge is -2.09. The number of carbonyl (C=O) groups excluding carboxylic acids is 2. The van der Waals surface area contributed by atoms with Crippen LogP contribution in [0.5, 0.6) is 5.75 Å². The van der Waals surface area contributed by atoms with Crippen molar-refractivity contribution in [1.29, 1.82) is 0 Å². The standard InChI is InChI=1S/C27H22N2O8/c1-17-25(19-7-9-20(10-8-19)29(33)34)26(31)22-12-11-21(15-23(22)36-17)37-24(30)13-14-28-27(32)35-16-18-5-3-2-4-6-18/h2-12,15H,13-14,16H2,1H3,(H,28,32). The molecule has 4 rings (SSSR count). The average molecular weight is 502 g/mol. The second-order valence-electron chi connectivity index (χ2n) is 8.04. The van der Waals surface area contributed by atoms with Crippen molar-refractivity contribution in [2.24, 2.45) is 0 Å². The Labute approximate surface area is 210 Å². The Morgan fingerprint density at radius 2 is 1.76 bits per heavy atom. The molecule has 0 aliphatic rings. The number of esters is 1. The van der Waals surface area contributed by atoms with E-state index in [0.717, 1.165) is 5.56 Å². The zero-order valence-electron chi connectivity index (χ0n) is 19.8. The summed E-state index contributed by atoms with van der Waals surface area (Å²) in [6.07, 6.45) is -0.746. The number of hydrogen-bond acceptors (Lipinski definition) is 8. The van der Waals surface area contributed by atoms with E-state index in [-0.39, 0.29) is 53.0 Å². The van der Waals surface area contributed by atoms with Gasteiger partial charge < -0.3 is 19.2 Å². The van der Waals surface area contributed by atoms with Crippen molar-refractivity contribution in [3.63, 3.8) is 0 Å². The molecule has 1 aromatic heterocycles. The summed E-state index contributed by atoms with van der Waals surface area (Å²) in [5.74, 6) is -0.105. The van der Waals surface area contributed by atoms with Gasteiger partial charge in [0.25, 0.3) is 5.69 Å². The zero-order valence-corrected chi connectivity index (χ0v) is 19.8. The van der Waals surface area contributed by atoms with E-state index in [4.69, 9.17) is 13.9 Å². The summed E-state index contributed by atoms with van der Waals surface area (Å²) >= 11 is 0. The Kier molecular flexibility index (Phi) is 7.58. The maximum atomic E-state index is 13.1. The molecule has 1 amide bonds. The van der Waals surface area contributed by atoms with Gasteiger partial charge in [-0.15, -0.1) is 0 Å². The molecule has 0 fully saturated rings. The number of ether oxygens (including phenoxy) is 2. The number of nitro benzene ring substituents is 1. The molecule has 10 nitrogen and oxygen atoms in total. The highest BCUT2D eigenvalue weighted by Gasteiger charge is 2.16. The SMILES string of the molecule is Cc1oc2cc(OC(=O)CCNC(=O)OCc3ccccc3)ccc2c(=O)c1-c1ccc([N+](=O)[O-])cc1. The lowest BCUT2D eigenvalue weighted by molar-refractivity contribution is -0.384. The van der Waals surface area contributed by atoms with E-state index in [1.165, 1.54) is 42.5 Å². The van der Waals surface area contributed by atoms with E-state index >= 15 is 0 Å². The molecular weight excluding hydrogens is 480 g/mol. The fourth-order valence-electron chi connectivity index (χ4n) is 3.66. The molecule has 37 heavy (non-hydrogen) atoms. The molecule has 0 unspecified atom stereocenters. The molecule has 0 atom stereocenters. The predicted molar refractivity (Wildman–Crippen MR) is 134 cm³/mol. The number of rotatable bonds is 8. The van der Waals surface area contributed by atoms with E-state index < -0.39 is 17.0 Å². The minimum Gasteiger partial charge on any atom is -0.460 e. The fourth-order valence-corrected chi connectivity index (χ4v) is 3.66. The van der Waals surface area contributed by atoms with Crippen LogP contribution in [-0.2, 0) is 16.1 Å². The maximum Gasteiger partial charge on any atom is 0.407 e. The van der Waals surface area contributed by atoms with Crippen LogP contribution in [0, 0.1) is 17.0 Å². The predicted octanol–water partition coefficient (Wildman–Crippen LogP) is 4.90. The summed E-state index contributed by atoms with van der Waals surface area (Å²) in [5.41, 5.74) is 1.44. The van der Waals surface area contributed by atoms with E-state index in [2.05, 4.69) is 5.32 Å². The lowest BCUT2D eigenvalue weighted by Crippen LogP contribution is -2.27. The van der Waals surface area contributed by atoms with Crippen LogP contribution in [-0.4, -0.2) is 23.5 Å². The summed E-state index contributed by atoms with van der Waals surface area (Å²) in [6, 6.07) is 19.2. The van der Waals surface area contributed by atoms with Gasteiger partial charge in [-0.2, -0.15) is 0 Å². The summed E-state index contributed by atoms with van der Waals surface area (Å²) in [6.45, 7) is 1.75.